The molecule has 1 aliphatic rings. The van der Waals surface area contributed by atoms with E-state index in [4.69, 9.17) is 0 Å². The predicted octanol–water partition coefficient (Wildman–Crippen LogP) is 1.79. The lowest BCUT2D eigenvalue weighted by Crippen LogP contribution is -2.52. The van der Waals surface area contributed by atoms with Crippen LogP contribution < -0.4 is 10.6 Å². The fourth-order valence-electron chi connectivity index (χ4n) is 2.48. The highest BCUT2D eigenvalue weighted by atomic mass is 16.1. The maximum absolute atomic E-state index is 12.0. The van der Waals surface area contributed by atoms with E-state index in [1.165, 1.54) is 5.56 Å². The summed E-state index contributed by atoms with van der Waals surface area (Å²) in [6.45, 7) is 5.25. The molecule has 0 spiro atoms. The summed E-state index contributed by atoms with van der Waals surface area (Å²) in [7, 11) is 0. The summed E-state index contributed by atoms with van der Waals surface area (Å²) in [5.74, 6) is 0.129. The summed E-state index contributed by atoms with van der Waals surface area (Å²) in [5.41, 5.74) is 2.30. The molecule has 2 N–H and O–H groups in total. The molecule has 1 amide bonds. The summed E-state index contributed by atoms with van der Waals surface area (Å²) in [6.07, 6.45) is 2.70. The molecule has 1 fully saturated rings. The van der Waals surface area contributed by atoms with Gasteiger partial charge in [-0.1, -0.05) is 24.3 Å². The zero-order valence-electron chi connectivity index (χ0n) is 11.2. The molecule has 1 heterocycles. The van der Waals surface area contributed by atoms with E-state index >= 15 is 0 Å². The first kappa shape index (κ1) is 13.1. The molecular formula is C15H22N2O. The molecule has 0 aromatic heterocycles. The van der Waals surface area contributed by atoms with Gasteiger partial charge in [-0.2, -0.15) is 0 Å². The van der Waals surface area contributed by atoms with Gasteiger partial charge in [-0.15, -0.1) is 0 Å². The predicted molar refractivity (Wildman–Crippen MR) is 73.5 cm³/mol. The molecule has 18 heavy (non-hydrogen) atoms. The van der Waals surface area contributed by atoms with E-state index in [2.05, 4.69) is 17.6 Å². The number of nitrogens with one attached hydrogen (secondary N) is 2. The highest BCUT2D eigenvalue weighted by Gasteiger charge is 2.22. The zero-order chi connectivity index (χ0) is 13.0. The van der Waals surface area contributed by atoms with Crippen molar-refractivity contribution in [2.75, 3.05) is 6.54 Å². The average molecular weight is 246 g/mol. The van der Waals surface area contributed by atoms with Gasteiger partial charge in [0.05, 0.1) is 6.42 Å². The molecule has 0 saturated carbocycles. The van der Waals surface area contributed by atoms with Crippen molar-refractivity contribution in [3.8, 4) is 0 Å². The van der Waals surface area contributed by atoms with E-state index in [0.717, 1.165) is 24.9 Å². The smallest absolute Gasteiger partial charge is 0.224 e. The Hall–Kier alpha value is -1.35. The molecular weight excluding hydrogens is 224 g/mol. The van der Waals surface area contributed by atoms with E-state index in [0.29, 0.717) is 12.5 Å². The molecule has 2 atom stereocenters. The van der Waals surface area contributed by atoms with Crippen LogP contribution in [0.4, 0.5) is 0 Å². The standard InChI is InChI=1S/C15H22N2O/c1-11-6-3-4-7-13(11)10-15(18)17-14-8-5-9-16-12(14)2/h3-4,6-7,12,14,16H,5,8-10H2,1-2H3,(H,17,18)/t12-,14-/m1/s1. The van der Waals surface area contributed by atoms with Crippen molar-refractivity contribution in [1.82, 2.24) is 10.6 Å². The van der Waals surface area contributed by atoms with Crippen LogP contribution in [0.15, 0.2) is 24.3 Å². The van der Waals surface area contributed by atoms with Gasteiger partial charge in [0, 0.05) is 12.1 Å². The second-order valence-corrected chi connectivity index (χ2v) is 5.16. The largest absolute Gasteiger partial charge is 0.352 e. The molecule has 0 bridgehead atoms. The highest BCUT2D eigenvalue weighted by molar-refractivity contribution is 5.79. The lowest BCUT2D eigenvalue weighted by atomic mass is 9.99. The first-order chi connectivity index (χ1) is 8.66. The Bertz CT molecular complexity index is 417. The Balaban J connectivity index is 1.90. The third kappa shape index (κ3) is 3.33. The van der Waals surface area contributed by atoms with Crippen LogP contribution in [-0.4, -0.2) is 24.5 Å². The number of rotatable bonds is 3. The molecule has 1 aromatic rings. The minimum atomic E-state index is 0.129. The lowest BCUT2D eigenvalue weighted by molar-refractivity contribution is -0.121. The number of benzene rings is 1. The number of hydrogen-bond donors (Lipinski definition) is 2. The molecule has 1 aliphatic heterocycles. The quantitative estimate of drug-likeness (QED) is 0.854. The average Bonchev–Trinajstić information content (AvgIpc) is 2.35. The minimum absolute atomic E-state index is 0.129. The summed E-state index contributed by atoms with van der Waals surface area (Å²) in [5, 5.41) is 6.54. The first-order valence-electron chi connectivity index (χ1n) is 6.74. The second kappa shape index (κ2) is 6.01. The van der Waals surface area contributed by atoms with E-state index in [1.807, 2.05) is 31.2 Å². The number of carbonyl (C=O) groups is 1. The van der Waals surface area contributed by atoms with Gasteiger partial charge in [0.2, 0.25) is 5.91 Å². The van der Waals surface area contributed by atoms with E-state index in [1.54, 1.807) is 0 Å². The number of aryl methyl sites for hydroxylation is 1. The van der Waals surface area contributed by atoms with Gasteiger partial charge in [-0.3, -0.25) is 4.79 Å². The van der Waals surface area contributed by atoms with Crippen LogP contribution in [0.1, 0.15) is 30.9 Å². The van der Waals surface area contributed by atoms with Crippen molar-refractivity contribution >= 4 is 5.91 Å². The number of carbonyl (C=O) groups excluding carboxylic acids is 1. The van der Waals surface area contributed by atoms with Crippen LogP contribution in [0.2, 0.25) is 0 Å². The Morgan fingerprint density at radius 1 is 1.44 bits per heavy atom. The number of piperidine rings is 1. The zero-order valence-corrected chi connectivity index (χ0v) is 11.2. The van der Waals surface area contributed by atoms with Gasteiger partial charge in [0.15, 0.2) is 0 Å². The molecule has 1 aromatic carbocycles. The molecule has 0 radical (unpaired) electrons. The van der Waals surface area contributed by atoms with Crippen molar-refractivity contribution in [3.05, 3.63) is 35.4 Å². The number of amides is 1. The molecule has 3 heteroatoms. The van der Waals surface area contributed by atoms with Crippen molar-refractivity contribution in [2.24, 2.45) is 0 Å². The molecule has 1 saturated heterocycles. The van der Waals surface area contributed by atoms with Crippen LogP contribution in [-0.2, 0) is 11.2 Å². The van der Waals surface area contributed by atoms with E-state index < -0.39 is 0 Å². The summed E-state index contributed by atoms with van der Waals surface area (Å²) in [4.78, 5) is 12.0. The SMILES string of the molecule is Cc1ccccc1CC(=O)N[C@@H]1CCCN[C@@H]1C. The Kier molecular flexibility index (Phi) is 4.37. The van der Waals surface area contributed by atoms with Crippen molar-refractivity contribution < 1.29 is 4.79 Å². The molecule has 3 nitrogen and oxygen atoms in total. The van der Waals surface area contributed by atoms with Crippen LogP contribution in [0.25, 0.3) is 0 Å². The van der Waals surface area contributed by atoms with Gasteiger partial charge < -0.3 is 10.6 Å². The third-order valence-electron chi connectivity index (χ3n) is 3.72. The minimum Gasteiger partial charge on any atom is -0.352 e. The Labute approximate surface area is 109 Å². The maximum Gasteiger partial charge on any atom is 0.224 e. The van der Waals surface area contributed by atoms with Gasteiger partial charge in [0.1, 0.15) is 0 Å². The fourth-order valence-corrected chi connectivity index (χ4v) is 2.48. The summed E-state index contributed by atoms with van der Waals surface area (Å²) >= 11 is 0. The van der Waals surface area contributed by atoms with E-state index in [-0.39, 0.29) is 11.9 Å². The van der Waals surface area contributed by atoms with Gasteiger partial charge in [0.25, 0.3) is 0 Å². The molecule has 98 valence electrons. The first-order valence-corrected chi connectivity index (χ1v) is 6.74. The Morgan fingerprint density at radius 2 is 2.22 bits per heavy atom. The maximum atomic E-state index is 12.0. The number of hydrogen-bond acceptors (Lipinski definition) is 2. The van der Waals surface area contributed by atoms with Gasteiger partial charge in [-0.25, -0.2) is 0 Å². The van der Waals surface area contributed by atoms with Crippen LogP contribution in [0, 0.1) is 6.92 Å². The molecule has 0 unspecified atom stereocenters. The molecule has 2 rings (SSSR count). The van der Waals surface area contributed by atoms with Crippen LogP contribution in [0.3, 0.4) is 0 Å². The molecule has 0 aliphatic carbocycles. The fraction of sp³-hybridized carbons (Fsp3) is 0.533. The summed E-state index contributed by atoms with van der Waals surface area (Å²) in [6, 6.07) is 8.71. The lowest BCUT2D eigenvalue weighted by Gasteiger charge is -2.30. The van der Waals surface area contributed by atoms with Crippen molar-refractivity contribution in [1.29, 1.82) is 0 Å². The normalized spacial score (nSPS) is 23.7. The third-order valence-corrected chi connectivity index (χ3v) is 3.72. The monoisotopic (exact) mass is 246 g/mol. The second-order valence-electron chi connectivity index (χ2n) is 5.16. The van der Waals surface area contributed by atoms with Crippen LogP contribution >= 0.6 is 0 Å². The van der Waals surface area contributed by atoms with Gasteiger partial charge >= 0.3 is 0 Å². The topological polar surface area (TPSA) is 41.1 Å². The van der Waals surface area contributed by atoms with Crippen LogP contribution in [0.5, 0.6) is 0 Å². The van der Waals surface area contributed by atoms with E-state index in [9.17, 15) is 4.79 Å². The van der Waals surface area contributed by atoms with Crippen molar-refractivity contribution in [3.63, 3.8) is 0 Å². The highest BCUT2D eigenvalue weighted by Crippen LogP contribution is 2.10. The van der Waals surface area contributed by atoms with Crippen molar-refractivity contribution in [2.45, 2.75) is 45.2 Å². The summed E-state index contributed by atoms with van der Waals surface area (Å²) < 4.78 is 0. The Morgan fingerprint density at radius 3 is 2.94 bits per heavy atom. The van der Waals surface area contributed by atoms with Gasteiger partial charge in [-0.05, 0) is 44.4 Å².